The van der Waals surface area contributed by atoms with Crippen LogP contribution in [-0.4, -0.2) is 27.7 Å². The third-order valence-electron chi connectivity index (χ3n) is 4.48. The molecule has 5 nitrogen and oxygen atoms in total. The summed E-state index contributed by atoms with van der Waals surface area (Å²) in [4.78, 5) is 6.86. The molecule has 0 spiro atoms. The van der Waals surface area contributed by atoms with Crippen LogP contribution in [0.3, 0.4) is 0 Å². The fourth-order valence-corrected chi connectivity index (χ4v) is 3.13. The molecular formula is C18H16FN5. The van der Waals surface area contributed by atoms with Gasteiger partial charge < -0.3 is 4.90 Å². The van der Waals surface area contributed by atoms with Crippen LogP contribution < -0.4 is 4.90 Å². The molecule has 3 heterocycles. The largest absolute Gasteiger partial charge is 0.356 e. The summed E-state index contributed by atoms with van der Waals surface area (Å²) in [5, 5.41) is 13.4. The summed E-state index contributed by atoms with van der Waals surface area (Å²) in [5.74, 6) is 0.830. The maximum absolute atomic E-state index is 13.2. The minimum absolute atomic E-state index is 0.132. The number of halogens is 1. The third-order valence-corrected chi connectivity index (χ3v) is 4.48. The Morgan fingerprint density at radius 3 is 2.58 bits per heavy atom. The Bertz CT molecular complexity index is 901. The van der Waals surface area contributed by atoms with E-state index in [1.54, 1.807) is 18.3 Å². The average Bonchev–Trinajstić information content (AvgIpc) is 3.10. The highest BCUT2D eigenvalue weighted by atomic mass is 19.1. The summed E-state index contributed by atoms with van der Waals surface area (Å²) in [6, 6.07) is 12.5. The number of rotatable bonds is 2. The lowest BCUT2D eigenvalue weighted by atomic mass is 9.98. The maximum Gasteiger partial charge on any atom is 0.157 e. The van der Waals surface area contributed by atoms with Crippen molar-refractivity contribution >= 4 is 11.5 Å². The number of nitriles is 1. The highest BCUT2D eigenvalue weighted by molar-refractivity contribution is 5.67. The number of hydrogen-bond donors (Lipinski definition) is 0. The van der Waals surface area contributed by atoms with E-state index in [4.69, 9.17) is 5.26 Å². The van der Waals surface area contributed by atoms with E-state index in [0.717, 1.165) is 48.7 Å². The second-order valence-electron chi connectivity index (χ2n) is 6.00. The second kappa shape index (κ2) is 5.93. The van der Waals surface area contributed by atoms with Crippen LogP contribution in [0.2, 0.25) is 0 Å². The number of nitrogens with zero attached hydrogens (tertiary/aromatic N) is 5. The van der Waals surface area contributed by atoms with E-state index < -0.39 is 0 Å². The Kier molecular flexibility index (Phi) is 3.62. The monoisotopic (exact) mass is 321 g/mol. The van der Waals surface area contributed by atoms with E-state index >= 15 is 0 Å². The van der Waals surface area contributed by atoms with Crippen molar-refractivity contribution in [1.29, 1.82) is 5.26 Å². The molecule has 4 rings (SSSR count). The summed E-state index contributed by atoms with van der Waals surface area (Å²) >= 11 is 0. The van der Waals surface area contributed by atoms with Gasteiger partial charge in [0.05, 0.1) is 18.0 Å². The fraction of sp³-hybridized carbons (Fsp3) is 0.278. The van der Waals surface area contributed by atoms with Crippen LogP contribution >= 0.6 is 0 Å². The van der Waals surface area contributed by atoms with Crippen LogP contribution in [-0.2, 0) is 0 Å². The molecule has 0 saturated carbocycles. The third kappa shape index (κ3) is 2.58. The Hall–Kier alpha value is -2.94. The standard InChI is InChI=1S/C18H16FN5/c19-15-3-1-14(2-4-15)16-11-18(24-17(22-16)5-8-21-24)23-9-6-13(12-20)7-10-23/h1-5,8,11,13H,6-7,9-10H2. The molecule has 0 bridgehead atoms. The van der Waals surface area contributed by atoms with Crippen LogP contribution in [0.15, 0.2) is 42.6 Å². The number of anilines is 1. The minimum Gasteiger partial charge on any atom is -0.356 e. The van der Waals surface area contributed by atoms with Gasteiger partial charge >= 0.3 is 0 Å². The van der Waals surface area contributed by atoms with E-state index in [2.05, 4.69) is 21.1 Å². The van der Waals surface area contributed by atoms with Crippen molar-refractivity contribution < 1.29 is 4.39 Å². The summed E-state index contributed by atoms with van der Waals surface area (Å²) in [7, 11) is 0. The van der Waals surface area contributed by atoms with Gasteiger partial charge in [0.25, 0.3) is 0 Å². The molecule has 1 fully saturated rings. The van der Waals surface area contributed by atoms with Crippen molar-refractivity contribution in [2.24, 2.45) is 5.92 Å². The van der Waals surface area contributed by atoms with Gasteiger partial charge in [0, 0.05) is 36.7 Å². The molecule has 1 aliphatic heterocycles. The minimum atomic E-state index is -0.261. The zero-order valence-corrected chi connectivity index (χ0v) is 13.1. The molecular weight excluding hydrogens is 305 g/mol. The normalized spacial score (nSPS) is 15.6. The van der Waals surface area contributed by atoms with Crippen LogP contribution in [0, 0.1) is 23.1 Å². The zero-order valence-electron chi connectivity index (χ0n) is 13.1. The number of fused-ring (bicyclic) bond motifs is 1. The van der Waals surface area contributed by atoms with Gasteiger partial charge in [-0.3, -0.25) is 0 Å². The summed E-state index contributed by atoms with van der Waals surface area (Å²) in [6.07, 6.45) is 3.43. The number of piperidine rings is 1. The molecule has 1 aliphatic rings. The van der Waals surface area contributed by atoms with Crippen molar-refractivity contribution in [3.8, 4) is 17.3 Å². The Balaban J connectivity index is 1.76. The summed E-state index contributed by atoms with van der Waals surface area (Å²) < 4.78 is 15.0. The summed E-state index contributed by atoms with van der Waals surface area (Å²) in [5.41, 5.74) is 2.42. The quantitative estimate of drug-likeness (QED) is 0.727. The van der Waals surface area contributed by atoms with Gasteiger partial charge in [-0.25, -0.2) is 9.37 Å². The lowest BCUT2D eigenvalue weighted by Crippen LogP contribution is -2.34. The van der Waals surface area contributed by atoms with Crippen LogP contribution in [0.1, 0.15) is 12.8 Å². The molecule has 1 saturated heterocycles. The molecule has 0 amide bonds. The molecule has 2 aromatic heterocycles. The van der Waals surface area contributed by atoms with Gasteiger partial charge in [-0.2, -0.15) is 14.9 Å². The predicted octanol–water partition coefficient (Wildman–Crippen LogP) is 3.28. The van der Waals surface area contributed by atoms with Crippen LogP contribution in [0.4, 0.5) is 10.2 Å². The van der Waals surface area contributed by atoms with Gasteiger partial charge in [-0.05, 0) is 37.1 Å². The molecule has 0 radical (unpaired) electrons. The first kappa shape index (κ1) is 14.6. The van der Waals surface area contributed by atoms with Crippen molar-refractivity contribution in [3.63, 3.8) is 0 Å². The highest BCUT2D eigenvalue weighted by Gasteiger charge is 2.21. The Morgan fingerprint density at radius 1 is 1.12 bits per heavy atom. The highest BCUT2D eigenvalue weighted by Crippen LogP contribution is 2.27. The van der Waals surface area contributed by atoms with Crippen molar-refractivity contribution in [1.82, 2.24) is 14.6 Å². The van der Waals surface area contributed by atoms with Gasteiger partial charge in [-0.15, -0.1) is 0 Å². The first-order valence-corrected chi connectivity index (χ1v) is 8.00. The lowest BCUT2D eigenvalue weighted by Gasteiger charge is -2.31. The first-order valence-electron chi connectivity index (χ1n) is 8.00. The Labute approximate surface area is 139 Å². The molecule has 3 aromatic rings. The van der Waals surface area contributed by atoms with Crippen LogP contribution in [0.5, 0.6) is 0 Å². The SMILES string of the molecule is N#CC1CCN(c2cc(-c3ccc(F)cc3)nc3ccnn23)CC1. The molecule has 0 atom stereocenters. The van der Waals surface area contributed by atoms with Crippen molar-refractivity contribution in [2.75, 3.05) is 18.0 Å². The molecule has 0 unspecified atom stereocenters. The molecule has 24 heavy (non-hydrogen) atoms. The molecule has 0 aliphatic carbocycles. The topological polar surface area (TPSA) is 57.2 Å². The molecule has 6 heteroatoms. The van der Waals surface area contributed by atoms with E-state index in [0.29, 0.717) is 0 Å². The smallest absolute Gasteiger partial charge is 0.157 e. The number of aromatic nitrogens is 3. The van der Waals surface area contributed by atoms with E-state index in [9.17, 15) is 4.39 Å². The van der Waals surface area contributed by atoms with Crippen molar-refractivity contribution in [3.05, 3.63) is 48.4 Å². The number of benzene rings is 1. The van der Waals surface area contributed by atoms with Gasteiger partial charge in [-0.1, -0.05) is 0 Å². The fourth-order valence-electron chi connectivity index (χ4n) is 3.13. The maximum atomic E-state index is 13.2. The molecule has 120 valence electrons. The average molecular weight is 321 g/mol. The van der Waals surface area contributed by atoms with E-state index in [1.807, 2.05) is 16.6 Å². The van der Waals surface area contributed by atoms with Crippen LogP contribution in [0.25, 0.3) is 16.9 Å². The predicted molar refractivity (Wildman–Crippen MR) is 88.9 cm³/mol. The Morgan fingerprint density at radius 2 is 1.88 bits per heavy atom. The van der Waals surface area contributed by atoms with E-state index in [1.165, 1.54) is 12.1 Å². The lowest BCUT2D eigenvalue weighted by molar-refractivity contribution is 0.483. The second-order valence-corrected chi connectivity index (χ2v) is 6.00. The molecule has 0 N–H and O–H groups in total. The molecule has 1 aromatic carbocycles. The summed E-state index contributed by atoms with van der Waals surface area (Å²) in [6.45, 7) is 1.64. The zero-order chi connectivity index (χ0) is 16.5. The first-order chi connectivity index (χ1) is 11.7. The van der Waals surface area contributed by atoms with Crippen molar-refractivity contribution in [2.45, 2.75) is 12.8 Å². The number of hydrogen-bond acceptors (Lipinski definition) is 4. The van der Waals surface area contributed by atoms with Gasteiger partial charge in [0.1, 0.15) is 11.6 Å². The van der Waals surface area contributed by atoms with Gasteiger partial charge in [0.2, 0.25) is 0 Å². The van der Waals surface area contributed by atoms with Gasteiger partial charge in [0.15, 0.2) is 5.65 Å². The van der Waals surface area contributed by atoms with E-state index in [-0.39, 0.29) is 11.7 Å².